The van der Waals surface area contributed by atoms with Gasteiger partial charge in [0.05, 0.1) is 18.9 Å². The third-order valence-corrected chi connectivity index (χ3v) is 6.77. The molecule has 9 nitrogen and oxygen atoms in total. The van der Waals surface area contributed by atoms with Crippen LogP contribution < -0.4 is 4.31 Å². The van der Waals surface area contributed by atoms with E-state index in [1.165, 1.54) is 0 Å². The van der Waals surface area contributed by atoms with Crippen LogP contribution in [-0.4, -0.2) is 74.7 Å². The number of hydrogen-bond donors (Lipinski definition) is 2. The number of hydrogen-bond acceptors (Lipinski definition) is 5. The molecule has 0 radical (unpaired) electrons. The van der Waals surface area contributed by atoms with Crippen LogP contribution in [0.4, 0.5) is 5.69 Å². The molecule has 2 aromatic carbocycles. The number of ether oxygens (including phenoxy) is 1. The van der Waals surface area contributed by atoms with Gasteiger partial charge in [-0.15, -0.1) is 0 Å². The van der Waals surface area contributed by atoms with E-state index in [1.807, 2.05) is 24.1 Å². The molecule has 1 aliphatic rings. The van der Waals surface area contributed by atoms with E-state index in [0.29, 0.717) is 37.9 Å². The van der Waals surface area contributed by atoms with Crippen LogP contribution in [0.1, 0.15) is 26.2 Å². The smallest absolute Gasteiger partial charge is 0.327 e. The Morgan fingerprint density at radius 3 is 2.17 bits per heavy atom. The number of benzene rings is 2. The van der Waals surface area contributed by atoms with E-state index in [-0.39, 0.29) is 24.4 Å². The number of carboxylic acids is 1. The topological polar surface area (TPSA) is 111 Å². The molecule has 1 aliphatic heterocycles. The Morgan fingerprint density at radius 1 is 1.09 bits per heavy atom. The number of nitrogens with zero attached hydrogens (tertiary/aromatic N) is 3. The van der Waals surface area contributed by atoms with E-state index in [1.54, 1.807) is 41.4 Å². The van der Waals surface area contributed by atoms with Crippen LogP contribution in [-0.2, 0) is 25.6 Å². The lowest BCUT2D eigenvalue weighted by Gasteiger charge is -2.37. The molecule has 0 spiro atoms. The molecule has 190 valence electrons. The molecular weight excluding hydrogens is 494 g/mol. The first-order chi connectivity index (χ1) is 16.8. The zero-order valence-electron chi connectivity index (χ0n) is 19.5. The van der Waals surface area contributed by atoms with Crippen molar-refractivity contribution in [1.82, 2.24) is 10.0 Å². The van der Waals surface area contributed by atoms with Gasteiger partial charge in [-0.25, -0.2) is 14.0 Å². The summed E-state index contributed by atoms with van der Waals surface area (Å²) < 4.78 is 28.4. The molecule has 11 heteroatoms. The van der Waals surface area contributed by atoms with Crippen molar-refractivity contribution in [1.29, 1.82) is 0 Å². The van der Waals surface area contributed by atoms with Gasteiger partial charge >= 0.3 is 5.97 Å². The predicted molar refractivity (Wildman–Crippen MR) is 135 cm³/mol. The Bertz CT molecular complexity index is 1010. The van der Waals surface area contributed by atoms with Gasteiger partial charge in [-0.3, -0.25) is 18.7 Å². The molecule has 1 heterocycles. The summed E-state index contributed by atoms with van der Waals surface area (Å²) in [5.41, 5.74) is 2.01. The first kappa shape index (κ1) is 27.1. The highest BCUT2D eigenvalue weighted by atomic mass is 35.5. The highest BCUT2D eigenvalue weighted by Crippen LogP contribution is 2.27. The van der Waals surface area contributed by atoms with Gasteiger partial charge in [0.15, 0.2) is 0 Å². The van der Waals surface area contributed by atoms with Crippen molar-refractivity contribution in [3.63, 3.8) is 0 Å². The van der Waals surface area contributed by atoms with E-state index in [0.717, 1.165) is 21.9 Å². The minimum absolute atomic E-state index is 0.0785. The largest absolute Gasteiger partial charge is 0.480 e. The van der Waals surface area contributed by atoms with Crippen molar-refractivity contribution in [2.24, 2.45) is 0 Å². The minimum Gasteiger partial charge on any atom is -0.480 e. The number of halogens is 1. The maximum absolute atomic E-state index is 13.0. The SMILES string of the molecule is CCCN(C(=O)CCC(C(=O)O)N(c1ccc(-c2ccc(Cl)cc2)cc1)S(=O)O)N1CCOCC1. The quantitative estimate of drug-likeness (QED) is 0.432. The number of morpholine rings is 1. The molecule has 1 saturated heterocycles. The van der Waals surface area contributed by atoms with Crippen LogP contribution >= 0.6 is 11.6 Å². The second-order valence-electron chi connectivity index (χ2n) is 8.09. The van der Waals surface area contributed by atoms with Crippen molar-refractivity contribution in [3.8, 4) is 11.1 Å². The summed E-state index contributed by atoms with van der Waals surface area (Å²) in [6.45, 7) is 4.69. The highest BCUT2D eigenvalue weighted by Gasteiger charge is 2.32. The van der Waals surface area contributed by atoms with Gasteiger partial charge in [-0.05, 0) is 48.2 Å². The fourth-order valence-corrected chi connectivity index (χ4v) is 4.82. The summed E-state index contributed by atoms with van der Waals surface area (Å²) in [5, 5.41) is 14.0. The fourth-order valence-electron chi connectivity index (χ4n) is 3.98. The Kier molecular flexibility index (Phi) is 10.1. The number of hydrazine groups is 1. The molecule has 1 amide bonds. The molecule has 2 unspecified atom stereocenters. The highest BCUT2D eigenvalue weighted by molar-refractivity contribution is 7.80. The van der Waals surface area contributed by atoms with Gasteiger partial charge in [0.2, 0.25) is 5.91 Å². The van der Waals surface area contributed by atoms with Crippen LogP contribution in [0.2, 0.25) is 5.02 Å². The van der Waals surface area contributed by atoms with Crippen LogP contribution in [0.5, 0.6) is 0 Å². The van der Waals surface area contributed by atoms with E-state index in [4.69, 9.17) is 16.3 Å². The Labute approximate surface area is 212 Å². The molecule has 2 atom stereocenters. The molecule has 2 aromatic rings. The number of anilines is 1. The Balaban J connectivity index is 1.75. The van der Waals surface area contributed by atoms with Gasteiger partial charge in [-0.2, -0.15) is 0 Å². The predicted octanol–water partition coefficient (Wildman–Crippen LogP) is 3.67. The standard InChI is InChI=1S/C24H30ClN3O6S/c1-2-13-27(26-14-16-34-17-15-26)23(29)12-11-22(24(30)31)28(35(32)33)21-9-5-19(6-10-21)18-3-7-20(25)8-4-18/h3-10,22H,2,11-17H2,1H3,(H,30,31)(H,32,33). The molecule has 0 aromatic heterocycles. The van der Waals surface area contributed by atoms with E-state index in [9.17, 15) is 23.5 Å². The second kappa shape index (κ2) is 13.0. The Morgan fingerprint density at radius 2 is 1.66 bits per heavy atom. The molecule has 1 fully saturated rings. The summed E-state index contributed by atoms with van der Waals surface area (Å²) >= 11 is 3.33. The van der Waals surface area contributed by atoms with E-state index >= 15 is 0 Å². The van der Waals surface area contributed by atoms with Crippen molar-refractivity contribution in [3.05, 3.63) is 53.6 Å². The number of carboxylic acid groups (broad SMARTS) is 1. The van der Waals surface area contributed by atoms with Gasteiger partial charge in [0.1, 0.15) is 6.04 Å². The Hall–Kier alpha value is -2.50. The first-order valence-electron chi connectivity index (χ1n) is 11.4. The number of carbonyl (C=O) groups excluding carboxylic acids is 1. The van der Waals surface area contributed by atoms with Crippen molar-refractivity contribution >= 4 is 40.4 Å². The maximum Gasteiger partial charge on any atom is 0.327 e. The summed E-state index contributed by atoms with van der Waals surface area (Å²) in [7, 11) is 0. The lowest BCUT2D eigenvalue weighted by Crippen LogP contribution is -2.52. The molecule has 0 aliphatic carbocycles. The number of rotatable bonds is 11. The summed E-state index contributed by atoms with van der Waals surface area (Å²) in [4.78, 5) is 25.1. The van der Waals surface area contributed by atoms with Crippen LogP contribution in [0, 0.1) is 0 Å². The average molecular weight is 524 g/mol. The molecule has 2 N–H and O–H groups in total. The molecular formula is C24H30ClN3O6S. The van der Waals surface area contributed by atoms with Gasteiger partial charge in [0.25, 0.3) is 11.3 Å². The number of amides is 1. The average Bonchev–Trinajstić information content (AvgIpc) is 2.85. The third kappa shape index (κ3) is 7.25. The van der Waals surface area contributed by atoms with Gasteiger partial charge in [-0.1, -0.05) is 42.8 Å². The van der Waals surface area contributed by atoms with Crippen LogP contribution in [0.15, 0.2) is 48.5 Å². The summed E-state index contributed by atoms with van der Waals surface area (Å²) in [6.07, 6.45) is 0.549. The van der Waals surface area contributed by atoms with E-state index < -0.39 is 23.3 Å². The third-order valence-electron chi connectivity index (χ3n) is 5.72. The second-order valence-corrected chi connectivity index (χ2v) is 9.38. The first-order valence-corrected chi connectivity index (χ1v) is 12.9. The summed E-state index contributed by atoms with van der Waals surface area (Å²) in [6, 6.07) is 12.5. The number of aliphatic carboxylic acids is 1. The monoisotopic (exact) mass is 523 g/mol. The van der Waals surface area contributed by atoms with Crippen molar-refractivity contribution in [2.75, 3.05) is 37.2 Å². The molecule has 0 bridgehead atoms. The maximum atomic E-state index is 13.0. The van der Waals surface area contributed by atoms with Gasteiger partial charge < -0.3 is 9.84 Å². The fraction of sp³-hybridized carbons (Fsp3) is 0.417. The van der Waals surface area contributed by atoms with Crippen molar-refractivity contribution < 1.29 is 28.2 Å². The van der Waals surface area contributed by atoms with E-state index in [2.05, 4.69) is 0 Å². The normalized spacial score (nSPS) is 15.9. The minimum atomic E-state index is -2.61. The van der Waals surface area contributed by atoms with Gasteiger partial charge in [0, 0.05) is 31.1 Å². The van der Waals surface area contributed by atoms with Crippen LogP contribution in [0.25, 0.3) is 11.1 Å². The zero-order chi connectivity index (χ0) is 25.4. The van der Waals surface area contributed by atoms with Crippen molar-refractivity contribution in [2.45, 2.75) is 32.2 Å². The molecule has 3 rings (SSSR count). The number of carbonyl (C=O) groups is 2. The lowest BCUT2D eigenvalue weighted by atomic mass is 10.0. The molecule has 0 saturated carbocycles. The summed E-state index contributed by atoms with van der Waals surface area (Å²) in [5.74, 6) is -1.50. The lowest BCUT2D eigenvalue weighted by molar-refractivity contribution is -0.157. The zero-order valence-corrected chi connectivity index (χ0v) is 21.1. The van der Waals surface area contributed by atoms with Crippen LogP contribution in [0.3, 0.4) is 0 Å². The molecule has 35 heavy (non-hydrogen) atoms.